The topological polar surface area (TPSA) is 8.82 Å². The molecule has 2 heteroatoms. The van der Waals surface area contributed by atoms with Crippen molar-refractivity contribution < 1.29 is 0 Å². The summed E-state index contributed by atoms with van der Waals surface area (Å²) >= 11 is 0. The third-order valence-corrected chi connectivity index (χ3v) is 13.7. The van der Waals surface area contributed by atoms with Gasteiger partial charge in [-0.1, -0.05) is 158 Å². The summed E-state index contributed by atoms with van der Waals surface area (Å²) in [5, 5.41) is 10.4. The molecule has 13 rings (SSSR count). The summed E-state index contributed by atoms with van der Waals surface area (Å²) in [6.45, 7) is 9.03. The van der Waals surface area contributed by atoms with Crippen molar-refractivity contribution in [1.29, 1.82) is 0 Å². The van der Waals surface area contributed by atoms with Crippen molar-refractivity contribution in [1.82, 2.24) is 8.80 Å². The first-order chi connectivity index (χ1) is 29.5. The smallest absolute Gasteiger partial charge is 0.0634 e. The number of aryl methyl sites for hydroxylation is 4. The third-order valence-electron chi connectivity index (χ3n) is 13.7. The predicted molar refractivity (Wildman–Crippen MR) is 256 cm³/mol. The fourth-order valence-corrected chi connectivity index (χ4v) is 11.4. The Balaban J connectivity index is 1.36. The highest BCUT2D eigenvalue weighted by atomic mass is 14.9. The first kappa shape index (κ1) is 33.5. The van der Waals surface area contributed by atoms with Crippen LogP contribution in [0.15, 0.2) is 170 Å². The standard InChI is InChI=1S/C58H40N2/c1-33-17-15-18-34(2)47(33)41-29-31-43-53-49(37-21-7-5-8-22-37)58-54(50(38-23-9-6-10-24-38)57(53)59-45-27-13-11-25-39(45)51(41)55(43)59)44-32-30-42(48-35(3)19-16-20-36(48)4)52-40-26-12-14-28-46(40)60(58)56(44)52/h5-32H,1-4H3. The molecule has 0 aliphatic heterocycles. The van der Waals surface area contributed by atoms with Gasteiger partial charge in [-0.05, 0) is 95.5 Å². The van der Waals surface area contributed by atoms with Gasteiger partial charge in [0.1, 0.15) is 0 Å². The van der Waals surface area contributed by atoms with E-state index in [2.05, 4.69) is 206 Å². The van der Waals surface area contributed by atoms with E-state index in [1.165, 1.54) is 143 Å². The molecule has 0 saturated carbocycles. The Morgan fingerprint density at radius 2 is 0.633 bits per heavy atom. The van der Waals surface area contributed by atoms with Crippen LogP contribution in [0, 0.1) is 27.7 Å². The molecule has 0 fully saturated rings. The van der Waals surface area contributed by atoms with Gasteiger partial charge in [-0.25, -0.2) is 0 Å². The zero-order valence-corrected chi connectivity index (χ0v) is 34.1. The van der Waals surface area contributed by atoms with E-state index in [1.54, 1.807) is 0 Å². The molecule has 0 radical (unpaired) electrons. The van der Waals surface area contributed by atoms with Crippen LogP contribution in [0.2, 0.25) is 0 Å². The van der Waals surface area contributed by atoms with E-state index < -0.39 is 0 Å². The largest absolute Gasteiger partial charge is 0.307 e. The van der Waals surface area contributed by atoms with Gasteiger partial charge in [-0.15, -0.1) is 0 Å². The molecular weight excluding hydrogens is 725 g/mol. The van der Waals surface area contributed by atoms with Crippen molar-refractivity contribution >= 4 is 76.2 Å². The van der Waals surface area contributed by atoms with Crippen LogP contribution >= 0.6 is 0 Å². The fourth-order valence-electron chi connectivity index (χ4n) is 11.4. The molecule has 0 spiro atoms. The number of aromatic nitrogens is 2. The quantitative estimate of drug-likeness (QED) is 0.169. The lowest BCUT2D eigenvalue weighted by Crippen LogP contribution is -1.93. The Hall–Kier alpha value is -7.42. The molecule has 4 heterocycles. The molecule has 0 aliphatic carbocycles. The lowest BCUT2D eigenvalue weighted by atomic mass is 9.87. The van der Waals surface area contributed by atoms with Crippen molar-refractivity contribution in [2.24, 2.45) is 0 Å². The second-order valence-corrected chi connectivity index (χ2v) is 16.9. The molecule has 4 aromatic heterocycles. The van der Waals surface area contributed by atoms with Gasteiger partial charge in [0.15, 0.2) is 0 Å². The summed E-state index contributed by atoms with van der Waals surface area (Å²) < 4.78 is 5.27. The summed E-state index contributed by atoms with van der Waals surface area (Å²) in [7, 11) is 0. The molecule has 0 bridgehead atoms. The lowest BCUT2D eigenvalue weighted by molar-refractivity contribution is 1.36. The number of rotatable bonds is 4. The number of benzene rings is 9. The second kappa shape index (κ2) is 12.1. The molecule has 0 aliphatic rings. The monoisotopic (exact) mass is 764 g/mol. The maximum Gasteiger partial charge on any atom is 0.0634 e. The number of nitrogens with zero attached hydrogens (tertiary/aromatic N) is 2. The van der Waals surface area contributed by atoms with E-state index in [-0.39, 0.29) is 0 Å². The lowest BCUT2D eigenvalue weighted by Gasteiger charge is -2.16. The highest BCUT2D eigenvalue weighted by molar-refractivity contribution is 6.39. The van der Waals surface area contributed by atoms with E-state index in [9.17, 15) is 0 Å². The van der Waals surface area contributed by atoms with E-state index >= 15 is 0 Å². The van der Waals surface area contributed by atoms with Crippen molar-refractivity contribution in [3.63, 3.8) is 0 Å². The Bertz CT molecular complexity index is 3600. The fraction of sp³-hybridized carbons (Fsp3) is 0.0690. The molecule has 0 amide bonds. The Labute approximate surface area is 347 Å². The molecule has 2 nitrogen and oxygen atoms in total. The number of fused-ring (bicyclic) bond motifs is 12. The maximum absolute atomic E-state index is 2.63. The van der Waals surface area contributed by atoms with Crippen LogP contribution in [-0.2, 0) is 0 Å². The van der Waals surface area contributed by atoms with Crippen LogP contribution in [0.3, 0.4) is 0 Å². The molecular formula is C58H40N2. The second-order valence-electron chi connectivity index (χ2n) is 16.9. The Morgan fingerprint density at radius 3 is 1.03 bits per heavy atom. The van der Waals surface area contributed by atoms with Gasteiger partial charge in [-0.3, -0.25) is 0 Å². The number of hydrogen-bond donors (Lipinski definition) is 0. The Morgan fingerprint density at radius 1 is 0.267 bits per heavy atom. The van der Waals surface area contributed by atoms with Crippen LogP contribution < -0.4 is 0 Å². The minimum Gasteiger partial charge on any atom is -0.307 e. The van der Waals surface area contributed by atoms with Gasteiger partial charge in [0.25, 0.3) is 0 Å². The molecule has 0 unspecified atom stereocenters. The van der Waals surface area contributed by atoms with Crippen LogP contribution in [0.25, 0.3) is 121 Å². The first-order valence-corrected chi connectivity index (χ1v) is 21.1. The van der Waals surface area contributed by atoms with Gasteiger partial charge in [0.05, 0.1) is 33.1 Å². The van der Waals surface area contributed by atoms with Gasteiger partial charge < -0.3 is 8.80 Å². The predicted octanol–water partition coefficient (Wildman–Crippen LogP) is 15.9. The van der Waals surface area contributed by atoms with Gasteiger partial charge >= 0.3 is 0 Å². The van der Waals surface area contributed by atoms with E-state index in [1.807, 2.05) is 0 Å². The van der Waals surface area contributed by atoms with Crippen LogP contribution in [0.5, 0.6) is 0 Å². The van der Waals surface area contributed by atoms with Crippen LogP contribution in [-0.4, -0.2) is 8.80 Å². The molecule has 0 N–H and O–H groups in total. The van der Waals surface area contributed by atoms with Gasteiger partial charge in [0.2, 0.25) is 0 Å². The Kier molecular flexibility index (Phi) is 6.74. The minimum atomic E-state index is 1.22. The third kappa shape index (κ3) is 4.17. The van der Waals surface area contributed by atoms with E-state index in [0.29, 0.717) is 0 Å². The van der Waals surface area contributed by atoms with Crippen LogP contribution in [0.1, 0.15) is 22.3 Å². The normalized spacial score (nSPS) is 12.3. The van der Waals surface area contributed by atoms with E-state index in [4.69, 9.17) is 0 Å². The zero-order valence-electron chi connectivity index (χ0n) is 34.1. The maximum atomic E-state index is 2.63. The molecule has 60 heavy (non-hydrogen) atoms. The van der Waals surface area contributed by atoms with Gasteiger partial charge in [-0.2, -0.15) is 0 Å². The van der Waals surface area contributed by atoms with Crippen molar-refractivity contribution in [3.05, 3.63) is 192 Å². The first-order valence-electron chi connectivity index (χ1n) is 21.1. The van der Waals surface area contributed by atoms with Gasteiger partial charge in [0, 0.05) is 54.2 Å². The molecule has 9 aromatic carbocycles. The molecule has 13 aromatic rings. The molecule has 0 saturated heterocycles. The average molecular weight is 765 g/mol. The van der Waals surface area contributed by atoms with E-state index in [0.717, 1.165) is 0 Å². The highest BCUT2D eigenvalue weighted by Gasteiger charge is 2.32. The summed E-state index contributed by atoms with van der Waals surface area (Å²) in [6.07, 6.45) is 0. The average Bonchev–Trinajstić information content (AvgIpc) is 4.01. The summed E-state index contributed by atoms with van der Waals surface area (Å²) in [6, 6.07) is 63.6. The van der Waals surface area contributed by atoms with Crippen molar-refractivity contribution in [3.8, 4) is 44.5 Å². The SMILES string of the molecule is Cc1cccc(C)c1-c1ccc2c3c(-c4ccccc4)c4c(c(-c5ccccc5)c3n3c5ccccc5c1c23)c1ccc(-c2c(C)cccc2C)c2c3ccccc3n4c12. The van der Waals surface area contributed by atoms with Crippen molar-refractivity contribution in [2.75, 3.05) is 0 Å². The minimum absolute atomic E-state index is 1.22. The summed E-state index contributed by atoms with van der Waals surface area (Å²) in [4.78, 5) is 0. The molecule has 0 atom stereocenters. The number of para-hydroxylation sites is 2. The number of hydrogen-bond acceptors (Lipinski definition) is 0. The summed E-state index contributed by atoms with van der Waals surface area (Å²) in [5.74, 6) is 0. The summed E-state index contributed by atoms with van der Waals surface area (Å²) in [5.41, 5.74) is 23.0. The van der Waals surface area contributed by atoms with Crippen LogP contribution in [0.4, 0.5) is 0 Å². The molecule has 282 valence electrons. The van der Waals surface area contributed by atoms with Crippen molar-refractivity contribution in [2.45, 2.75) is 27.7 Å². The highest BCUT2D eigenvalue weighted by Crippen LogP contribution is 2.56. The zero-order chi connectivity index (χ0) is 40.0.